The number of unbranched alkanes of at least 4 members (excludes halogenated alkanes) is 4. The zero-order valence-corrected chi connectivity index (χ0v) is 9.13. The van der Waals surface area contributed by atoms with E-state index in [9.17, 15) is 5.11 Å². The molecule has 0 radical (unpaired) electrons. The highest BCUT2D eigenvalue weighted by Gasteiger charge is 2.09. The summed E-state index contributed by atoms with van der Waals surface area (Å²) in [6, 6.07) is 0. The van der Waals surface area contributed by atoms with Crippen molar-refractivity contribution in [1.82, 2.24) is 0 Å². The molecule has 0 unspecified atom stereocenters. The van der Waals surface area contributed by atoms with Crippen LogP contribution < -0.4 is 0 Å². The van der Waals surface area contributed by atoms with E-state index in [2.05, 4.69) is 13.5 Å². The van der Waals surface area contributed by atoms with Gasteiger partial charge in [0.25, 0.3) is 0 Å². The summed E-state index contributed by atoms with van der Waals surface area (Å²) in [6.45, 7) is 7.91. The lowest BCUT2D eigenvalue weighted by atomic mass is 9.99. The predicted molar refractivity (Wildman–Crippen MR) is 58.7 cm³/mol. The third kappa shape index (κ3) is 6.83. The smallest absolute Gasteiger partial charge is 0.0600 e. The van der Waals surface area contributed by atoms with Gasteiger partial charge in [0.1, 0.15) is 0 Å². The Morgan fingerprint density at radius 1 is 1.23 bits per heavy atom. The summed E-state index contributed by atoms with van der Waals surface area (Å²) in [5.74, 6) is 0.242. The first-order valence-electron chi connectivity index (χ1n) is 5.53. The molecule has 0 aliphatic heterocycles. The van der Waals surface area contributed by atoms with Crippen LogP contribution in [0.25, 0.3) is 0 Å². The Hall–Kier alpha value is -0.300. The van der Waals surface area contributed by atoms with Gasteiger partial charge >= 0.3 is 0 Å². The Kier molecular flexibility index (Phi) is 8.11. The van der Waals surface area contributed by atoms with Crippen LogP contribution in [0.1, 0.15) is 52.4 Å². The van der Waals surface area contributed by atoms with Gasteiger partial charge in [-0.05, 0) is 12.3 Å². The van der Waals surface area contributed by atoms with Gasteiger partial charge in [-0.1, -0.05) is 52.0 Å². The van der Waals surface area contributed by atoms with Gasteiger partial charge in [-0.15, -0.1) is 6.58 Å². The highest BCUT2D eigenvalue weighted by atomic mass is 16.3. The first-order valence-corrected chi connectivity index (χ1v) is 5.53. The van der Waals surface area contributed by atoms with Crippen molar-refractivity contribution in [3.05, 3.63) is 12.7 Å². The van der Waals surface area contributed by atoms with Gasteiger partial charge in [0.05, 0.1) is 6.10 Å². The molecule has 0 saturated heterocycles. The molecule has 0 bridgehead atoms. The van der Waals surface area contributed by atoms with Crippen LogP contribution in [0.2, 0.25) is 0 Å². The molecule has 0 rings (SSSR count). The van der Waals surface area contributed by atoms with Crippen molar-refractivity contribution >= 4 is 0 Å². The van der Waals surface area contributed by atoms with Gasteiger partial charge in [0, 0.05) is 0 Å². The van der Waals surface area contributed by atoms with E-state index in [1.54, 1.807) is 0 Å². The van der Waals surface area contributed by atoms with Crippen LogP contribution in [0.4, 0.5) is 0 Å². The van der Waals surface area contributed by atoms with Gasteiger partial charge in [0.2, 0.25) is 0 Å². The fourth-order valence-electron chi connectivity index (χ4n) is 1.38. The van der Waals surface area contributed by atoms with Crippen LogP contribution >= 0.6 is 0 Å². The third-order valence-corrected chi connectivity index (χ3v) is 2.58. The number of hydrogen-bond donors (Lipinski definition) is 1. The Labute approximate surface area is 82.9 Å². The molecule has 0 aromatic heterocycles. The molecule has 0 amide bonds. The first kappa shape index (κ1) is 12.7. The lowest BCUT2D eigenvalue weighted by Crippen LogP contribution is -2.14. The van der Waals surface area contributed by atoms with E-state index in [0.717, 1.165) is 12.8 Å². The summed E-state index contributed by atoms with van der Waals surface area (Å²) < 4.78 is 0. The van der Waals surface area contributed by atoms with E-state index in [-0.39, 0.29) is 12.0 Å². The fraction of sp³-hybridized carbons (Fsp3) is 0.833. The van der Waals surface area contributed by atoms with E-state index in [1.807, 2.05) is 13.0 Å². The summed E-state index contributed by atoms with van der Waals surface area (Å²) in [5, 5.41) is 9.60. The van der Waals surface area contributed by atoms with Crippen molar-refractivity contribution in [2.45, 2.75) is 58.5 Å². The quantitative estimate of drug-likeness (QED) is 0.452. The minimum atomic E-state index is -0.181. The maximum absolute atomic E-state index is 9.60. The van der Waals surface area contributed by atoms with Gasteiger partial charge in [-0.25, -0.2) is 0 Å². The predicted octanol–water partition coefficient (Wildman–Crippen LogP) is 3.53. The third-order valence-electron chi connectivity index (χ3n) is 2.58. The minimum absolute atomic E-state index is 0.181. The normalized spacial score (nSPS) is 15.3. The lowest BCUT2D eigenvalue weighted by molar-refractivity contribution is 0.125. The van der Waals surface area contributed by atoms with Crippen LogP contribution in [0.5, 0.6) is 0 Å². The zero-order chi connectivity index (χ0) is 10.1. The van der Waals surface area contributed by atoms with Crippen molar-refractivity contribution in [3.8, 4) is 0 Å². The summed E-state index contributed by atoms with van der Waals surface area (Å²) in [6.07, 6.45) is 8.91. The summed E-state index contributed by atoms with van der Waals surface area (Å²) >= 11 is 0. The largest absolute Gasteiger partial charge is 0.393 e. The topological polar surface area (TPSA) is 20.2 Å². The van der Waals surface area contributed by atoms with E-state index in [4.69, 9.17) is 0 Å². The summed E-state index contributed by atoms with van der Waals surface area (Å²) in [5.41, 5.74) is 0. The van der Waals surface area contributed by atoms with Gasteiger partial charge in [0.15, 0.2) is 0 Å². The standard InChI is InChI=1S/C12H24O/c1-4-6-7-8-9-10-12(13)11(3)5-2/h5,11-13H,2,4,6-10H2,1,3H3/t11-,12-/m0/s1. The molecule has 1 heteroatoms. The number of aliphatic hydroxyl groups is 1. The SMILES string of the molecule is C=C[C@H](C)[C@@H](O)CCCCCCC. The van der Waals surface area contributed by atoms with E-state index in [0.29, 0.717) is 0 Å². The molecule has 0 saturated carbocycles. The Morgan fingerprint density at radius 2 is 1.85 bits per heavy atom. The molecule has 0 fully saturated rings. The second kappa shape index (κ2) is 8.31. The number of hydrogen-bond acceptors (Lipinski definition) is 1. The highest BCUT2D eigenvalue weighted by molar-refractivity contribution is 4.80. The van der Waals surface area contributed by atoms with E-state index >= 15 is 0 Å². The molecule has 0 aromatic carbocycles. The maximum atomic E-state index is 9.60. The average Bonchev–Trinajstić information content (AvgIpc) is 2.16. The van der Waals surface area contributed by atoms with Gasteiger partial charge in [-0.2, -0.15) is 0 Å². The molecule has 0 aliphatic rings. The van der Waals surface area contributed by atoms with Crippen molar-refractivity contribution in [3.63, 3.8) is 0 Å². The second-order valence-corrected chi connectivity index (χ2v) is 3.87. The molecule has 0 aromatic rings. The molecule has 0 aliphatic carbocycles. The number of rotatable bonds is 8. The van der Waals surface area contributed by atoms with Crippen LogP contribution in [0.15, 0.2) is 12.7 Å². The molecular weight excluding hydrogens is 160 g/mol. The molecule has 13 heavy (non-hydrogen) atoms. The summed E-state index contributed by atoms with van der Waals surface area (Å²) in [7, 11) is 0. The van der Waals surface area contributed by atoms with Crippen LogP contribution in [0.3, 0.4) is 0 Å². The van der Waals surface area contributed by atoms with Crippen molar-refractivity contribution < 1.29 is 5.11 Å². The van der Waals surface area contributed by atoms with E-state index < -0.39 is 0 Å². The van der Waals surface area contributed by atoms with Gasteiger partial charge in [-0.3, -0.25) is 0 Å². The van der Waals surface area contributed by atoms with Crippen molar-refractivity contribution in [2.75, 3.05) is 0 Å². The second-order valence-electron chi connectivity index (χ2n) is 3.87. The highest BCUT2D eigenvalue weighted by Crippen LogP contribution is 2.13. The van der Waals surface area contributed by atoms with Crippen molar-refractivity contribution in [1.29, 1.82) is 0 Å². The van der Waals surface area contributed by atoms with Gasteiger partial charge < -0.3 is 5.11 Å². The molecule has 2 atom stereocenters. The summed E-state index contributed by atoms with van der Waals surface area (Å²) in [4.78, 5) is 0. The molecule has 1 nitrogen and oxygen atoms in total. The molecular formula is C12H24O. The van der Waals surface area contributed by atoms with Crippen LogP contribution in [0, 0.1) is 5.92 Å². The minimum Gasteiger partial charge on any atom is -0.393 e. The first-order chi connectivity index (χ1) is 6.22. The Bertz CT molecular complexity index is 120. The Morgan fingerprint density at radius 3 is 2.38 bits per heavy atom. The molecule has 78 valence electrons. The Balaban J connectivity index is 3.26. The molecule has 1 N–H and O–H groups in total. The van der Waals surface area contributed by atoms with Crippen molar-refractivity contribution in [2.24, 2.45) is 5.92 Å². The van der Waals surface area contributed by atoms with E-state index in [1.165, 1.54) is 25.7 Å². The van der Waals surface area contributed by atoms with Crippen LogP contribution in [-0.2, 0) is 0 Å². The van der Waals surface area contributed by atoms with Crippen LogP contribution in [-0.4, -0.2) is 11.2 Å². The molecule has 0 heterocycles. The fourth-order valence-corrected chi connectivity index (χ4v) is 1.38. The monoisotopic (exact) mass is 184 g/mol. The average molecular weight is 184 g/mol. The zero-order valence-electron chi connectivity index (χ0n) is 9.13. The maximum Gasteiger partial charge on any atom is 0.0600 e. The number of aliphatic hydroxyl groups excluding tert-OH is 1. The molecule has 0 spiro atoms. The lowest BCUT2D eigenvalue weighted by Gasteiger charge is -2.14.